The Balaban J connectivity index is 1.47. The van der Waals surface area contributed by atoms with Crippen molar-refractivity contribution < 1.29 is 8.42 Å². The average molecular weight is 358 g/mol. The van der Waals surface area contributed by atoms with Crippen LogP contribution >= 0.6 is 0 Å². The lowest BCUT2D eigenvalue weighted by Gasteiger charge is -2.31. The molecule has 7 heteroatoms. The molecule has 25 heavy (non-hydrogen) atoms. The summed E-state index contributed by atoms with van der Waals surface area (Å²) in [5.74, 6) is 1.08. The molecular formula is C18H22N4O2S. The van der Waals surface area contributed by atoms with Gasteiger partial charge in [0.1, 0.15) is 0 Å². The Morgan fingerprint density at radius 3 is 2.44 bits per heavy atom. The average Bonchev–Trinajstić information content (AvgIpc) is 2.67. The lowest BCUT2D eigenvalue weighted by molar-refractivity contribution is 0.399. The fraction of sp³-hybridized carbons (Fsp3) is 0.333. The summed E-state index contributed by atoms with van der Waals surface area (Å²) in [7, 11) is -3.41. The van der Waals surface area contributed by atoms with E-state index >= 15 is 0 Å². The molecule has 0 bridgehead atoms. The molecule has 0 saturated carbocycles. The molecule has 1 saturated heterocycles. The second kappa shape index (κ2) is 8.22. The molecule has 2 heterocycles. The van der Waals surface area contributed by atoms with Gasteiger partial charge >= 0.3 is 0 Å². The van der Waals surface area contributed by atoms with Crippen LogP contribution in [0.5, 0.6) is 0 Å². The first-order chi connectivity index (χ1) is 12.1. The van der Waals surface area contributed by atoms with Gasteiger partial charge in [-0.15, -0.1) is 0 Å². The Bertz CT molecular complexity index is 786. The maximum atomic E-state index is 12.1. The second-order valence-electron chi connectivity index (χ2n) is 6.09. The number of rotatable bonds is 6. The van der Waals surface area contributed by atoms with Gasteiger partial charge in [-0.25, -0.2) is 23.1 Å². The van der Waals surface area contributed by atoms with Gasteiger partial charge in [-0.05, 0) is 36.5 Å². The molecule has 0 amide bonds. The van der Waals surface area contributed by atoms with E-state index in [4.69, 9.17) is 0 Å². The third-order valence-corrected chi connectivity index (χ3v) is 5.33. The van der Waals surface area contributed by atoms with Gasteiger partial charge in [-0.1, -0.05) is 30.3 Å². The number of nitrogens with one attached hydrogen (secondary N) is 1. The number of anilines is 1. The minimum atomic E-state index is -3.41. The van der Waals surface area contributed by atoms with Gasteiger partial charge in [0.2, 0.25) is 16.0 Å². The van der Waals surface area contributed by atoms with Crippen LogP contribution in [0.1, 0.15) is 18.4 Å². The molecule has 132 valence electrons. The van der Waals surface area contributed by atoms with Gasteiger partial charge in [0.05, 0.1) is 0 Å². The molecule has 1 N–H and O–H groups in total. The monoisotopic (exact) mass is 358 g/mol. The summed E-state index contributed by atoms with van der Waals surface area (Å²) in [5, 5.41) is 1.23. The van der Waals surface area contributed by atoms with E-state index in [1.165, 1.54) is 5.41 Å². The largest absolute Gasteiger partial charge is 0.341 e. The number of sulfonamides is 1. The predicted molar refractivity (Wildman–Crippen MR) is 99.4 cm³/mol. The highest BCUT2D eigenvalue weighted by Gasteiger charge is 2.21. The van der Waals surface area contributed by atoms with Crippen molar-refractivity contribution >= 4 is 22.0 Å². The Morgan fingerprint density at radius 2 is 1.76 bits per heavy atom. The third-order valence-electron chi connectivity index (χ3n) is 4.26. The van der Waals surface area contributed by atoms with Crippen LogP contribution in [-0.2, 0) is 10.0 Å². The van der Waals surface area contributed by atoms with E-state index in [9.17, 15) is 8.42 Å². The maximum Gasteiger partial charge on any atom is 0.233 e. The summed E-state index contributed by atoms with van der Waals surface area (Å²) in [6, 6.07) is 11.2. The smallest absolute Gasteiger partial charge is 0.233 e. The summed E-state index contributed by atoms with van der Waals surface area (Å²) in [6.07, 6.45) is 6.92. The highest BCUT2D eigenvalue weighted by molar-refractivity contribution is 7.92. The lowest BCUT2D eigenvalue weighted by atomic mass is 9.97. The number of hydrogen-bond donors (Lipinski definition) is 1. The van der Waals surface area contributed by atoms with Gasteiger partial charge in [0.15, 0.2) is 0 Å². The van der Waals surface area contributed by atoms with Gasteiger partial charge in [0.25, 0.3) is 0 Å². The van der Waals surface area contributed by atoms with E-state index in [0.29, 0.717) is 12.5 Å². The number of aromatic nitrogens is 2. The van der Waals surface area contributed by atoms with Crippen molar-refractivity contribution in [3.63, 3.8) is 0 Å². The third kappa shape index (κ3) is 5.37. The van der Waals surface area contributed by atoms with E-state index in [0.717, 1.165) is 37.4 Å². The molecular weight excluding hydrogens is 336 g/mol. The molecule has 1 aliphatic rings. The Hall–Kier alpha value is -2.25. The fourth-order valence-corrected chi connectivity index (χ4v) is 3.71. The zero-order chi connectivity index (χ0) is 17.5. The summed E-state index contributed by atoms with van der Waals surface area (Å²) in [6.45, 7) is 2.15. The Kier molecular flexibility index (Phi) is 5.78. The summed E-state index contributed by atoms with van der Waals surface area (Å²) in [5.41, 5.74) is 0.865. The maximum absolute atomic E-state index is 12.1. The summed E-state index contributed by atoms with van der Waals surface area (Å²) in [4.78, 5) is 10.7. The molecule has 3 rings (SSSR count). The predicted octanol–water partition coefficient (Wildman–Crippen LogP) is 2.28. The van der Waals surface area contributed by atoms with Crippen LogP contribution in [0.2, 0.25) is 0 Å². The molecule has 1 aromatic heterocycles. The Morgan fingerprint density at radius 1 is 1.08 bits per heavy atom. The highest BCUT2D eigenvalue weighted by atomic mass is 32.2. The molecule has 0 aliphatic carbocycles. The zero-order valence-electron chi connectivity index (χ0n) is 14.0. The number of nitrogens with zero attached hydrogens (tertiary/aromatic N) is 3. The first-order valence-electron chi connectivity index (χ1n) is 8.37. The van der Waals surface area contributed by atoms with Gasteiger partial charge in [-0.3, -0.25) is 0 Å². The molecule has 0 unspecified atom stereocenters. The highest BCUT2D eigenvalue weighted by Crippen LogP contribution is 2.19. The van der Waals surface area contributed by atoms with E-state index < -0.39 is 10.0 Å². The van der Waals surface area contributed by atoms with Crippen molar-refractivity contribution in [3.8, 4) is 0 Å². The van der Waals surface area contributed by atoms with Crippen LogP contribution in [-0.4, -0.2) is 38.0 Å². The van der Waals surface area contributed by atoms with Crippen molar-refractivity contribution in [2.45, 2.75) is 12.8 Å². The first-order valence-corrected chi connectivity index (χ1v) is 9.92. The molecule has 6 nitrogen and oxygen atoms in total. The molecule has 1 aliphatic heterocycles. The van der Waals surface area contributed by atoms with E-state index in [-0.39, 0.29) is 0 Å². The summed E-state index contributed by atoms with van der Waals surface area (Å²) >= 11 is 0. The van der Waals surface area contributed by atoms with Crippen molar-refractivity contribution in [1.29, 1.82) is 0 Å². The van der Waals surface area contributed by atoms with E-state index in [1.54, 1.807) is 24.5 Å². The normalized spacial score (nSPS) is 16.4. The zero-order valence-corrected chi connectivity index (χ0v) is 14.8. The van der Waals surface area contributed by atoms with Crippen LogP contribution in [0.3, 0.4) is 0 Å². The van der Waals surface area contributed by atoms with Crippen LogP contribution in [0.25, 0.3) is 6.08 Å². The molecule has 1 aromatic carbocycles. The van der Waals surface area contributed by atoms with Crippen molar-refractivity contribution in [1.82, 2.24) is 14.7 Å². The lowest BCUT2D eigenvalue weighted by Crippen LogP contribution is -2.39. The minimum Gasteiger partial charge on any atom is -0.341 e. The van der Waals surface area contributed by atoms with Crippen molar-refractivity contribution in [2.75, 3.05) is 24.5 Å². The molecule has 0 radical (unpaired) electrons. The molecule has 1 fully saturated rings. The van der Waals surface area contributed by atoms with E-state index in [2.05, 4.69) is 19.6 Å². The van der Waals surface area contributed by atoms with Crippen LogP contribution in [0.15, 0.2) is 54.2 Å². The van der Waals surface area contributed by atoms with Crippen LogP contribution in [0, 0.1) is 5.92 Å². The standard InChI is InChI=1S/C18H22N4O2S/c23-25(24,14-9-16-5-2-1-3-6-16)21-15-17-7-12-22(13-8-17)18-19-10-4-11-20-18/h1-6,9-11,14,17,21H,7-8,12-13,15H2/b14-9+. The topological polar surface area (TPSA) is 75.2 Å². The molecule has 0 atom stereocenters. The number of benzene rings is 1. The quantitative estimate of drug-likeness (QED) is 0.857. The van der Waals surface area contributed by atoms with Crippen molar-refractivity contribution in [3.05, 3.63) is 59.8 Å². The van der Waals surface area contributed by atoms with Crippen molar-refractivity contribution in [2.24, 2.45) is 5.92 Å². The second-order valence-corrected chi connectivity index (χ2v) is 7.74. The van der Waals surface area contributed by atoms with Crippen LogP contribution in [0.4, 0.5) is 5.95 Å². The minimum absolute atomic E-state index is 0.333. The number of hydrogen-bond acceptors (Lipinski definition) is 5. The fourth-order valence-electron chi connectivity index (χ4n) is 2.81. The SMILES string of the molecule is O=S(=O)(/C=C/c1ccccc1)NCC1CCN(c2ncccn2)CC1. The van der Waals surface area contributed by atoms with Gasteiger partial charge < -0.3 is 4.90 Å². The molecule has 2 aromatic rings. The number of piperidine rings is 1. The molecule has 0 spiro atoms. The van der Waals surface area contributed by atoms with E-state index in [1.807, 2.05) is 30.3 Å². The Labute approximate surface area is 148 Å². The summed E-state index contributed by atoms with van der Waals surface area (Å²) < 4.78 is 26.9. The van der Waals surface area contributed by atoms with Crippen LogP contribution < -0.4 is 9.62 Å². The van der Waals surface area contributed by atoms with Gasteiger partial charge in [0, 0.05) is 37.4 Å². The van der Waals surface area contributed by atoms with Gasteiger partial charge in [-0.2, -0.15) is 0 Å². The first kappa shape index (κ1) is 17.6.